The van der Waals surface area contributed by atoms with E-state index < -0.39 is 46.8 Å². The SMILES string of the molecule is CC(C)C[C@@H](O)[C@@H](N)c1c(F)c(F)c(F)c(F)c1F. The molecule has 0 bridgehead atoms. The van der Waals surface area contributed by atoms with Crippen LogP contribution in [0.15, 0.2) is 0 Å². The third-order valence-corrected chi connectivity index (χ3v) is 2.70. The first-order valence-corrected chi connectivity index (χ1v) is 5.63. The van der Waals surface area contributed by atoms with Gasteiger partial charge in [0.25, 0.3) is 0 Å². The van der Waals surface area contributed by atoms with Crippen molar-refractivity contribution in [3.05, 3.63) is 34.6 Å². The molecule has 0 fully saturated rings. The summed E-state index contributed by atoms with van der Waals surface area (Å²) in [6.45, 7) is 3.43. The Morgan fingerprint density at radius 1 is 0.895 bits per heavy atom. The second kappa shape index (κ2) is 5.83. The van der Waals surface area contributed by atoms with Crippen molar-refractivity contribution in [3.63, 3.8) is 0 Å². The predicted molar refractivity (Wildman–Crippen MR) is 58.6 cm³/mol. The van der Waals surface area contributed by atoms with E-state index in [4.69, 9.17) is 5.73 Å². The maximum atomic E-state index is 13.4. The zero-order valence-corrected chi connectivity index (χ0v) is 10.4. The van der Waals surface area contributed by atoms with Crippen LogP contribution in [-0.2, 0) is 0 Å². The van der Waals surface area contributed by atoms with Crippen LogP contribution < -0.4 is 5.73 Å². The number of halogens is 5. The van der Waals surface area contributed by atoms with Gasteiger partial charge in [-0.25, -0.2) is 22.0 Å². The molecule has 7 heteroatoms. The average Bonchev–Trinajstić information content (AvgIpc) is 2.33. The van der Waals surface area contributed by atoms with E-state index >= 15 is 0 Å². The quantitative estimate of drug-likeness (QED) is 0.507. The normalized spacial score (nSPS) is 14.8. The molecular weight excluding hydrogens is 269 g/mol. The minimum absolute atomic E-state index is 0.0534. The van der Waals surface area contributed by atoms with Gasteiger partial charge in [0, 0.05) is 5.56 Å². The third kappa shape index (κ3) is 3.03. The van der Waals surface area contributed by atoms with Gasteiger partial charge in [0.1, 0.15) is 0 Å². The molecule has 1 aromatic rings. The molecule has 0 unspecified atom stereocenters. The molecule has 1 aromatic carbocycles. The highest BCUT2D eigenvalue weighted by atomic mass is 19.2. The number of hydrogen-bond donors (Lipinski definition) is 2. The van der Waals surface area contributed by atoms with Crippen LogP contribution in [0.2, 0.25) is 0 Å². The standard InChI is InChI=1S/C12H14F5NO/c1-4(2)3-5(19)12(18)6-7(13)9(15)11(17)10(16)8(6)14/h4-5,12,19H,3,18H2,1-2H3/t5-,12-/m1/s1. The molecule has 19 heavy (non-hydrogen) atoms. The molecule has 2 nitrogen and oxygen atoms in total. The highest BCUT2D eigenvalue weighted by Crippen LogP contribution is 2.29. The molecular formula is C12H14F5NO. The van der Waals surface area contributed by atoms with Crippen LogP contribution in [0.5, 0.6) is 0 Å². The second-order valence-electron chi connectivity index (χ2n) is 4.71. The lowest BCUT2D eigenvalue weighted by Gasteiger charge is -2.22. The van der Waals surface area contributed by atoms with Crippen molar-refractivity contribution in [1.82, 2.24) is 0 Å². The van der Waals surface area contributed by atoms with Crippen molar-refractivity contribution < 1.29 is 27.1 Å². The Kier molecular flexibility index (Phi) is 4.86. The summed E-state index contributed by atoms with van der Waals surface area (Å²) in [6, 6.07) is -1.69. The molecule has 0 saturated carbocycles. The average molecular weight is 283 g/mol. The molecule has 0 aliphatic carbocycles. The number of aliphatic hydroxyl groups excluding tert-OH is 1. The fourth-order valence-electron chi connectivity index (χ4n) is 1.74. The van der Waals surface area contributed by atoms with Crippen molar-refractivity contribution in [2.24, 2.45) is 11.7 Å². The van der Waals surface area contributed by atoms with Gasteiger partial charge in [-0.3, -0.25) is 0 Å². The van der Waals surface area contributed by atoms with Gasteiger partial charge < -0.3 is 10.8 Å². The monoisotopic (exact) mass is 283 g/mol. The van der Waals surface area contributed by atoms with E-state index in [0.717, 1.165) is 0 Å². The van der Waals surface area contributed by atoms with Gasteiger partial charge in [-0.1, -0.05) is 13.8 Å². The number of benzene rings is 1. The Labute approximate surface area is 107 Å². The number of aliphatic hydroxyl groups is 1. The van der Waals surface area contributed by atoms with Crippen molar-refractivity contribution in [1.29, 1.82) is 0 Å². The Morgan fingerprint density at radius 2 is 1.26 bits per heavy atom. The summed E-state index contributed by atoms with van der Waals surface area (Å²) < 4.78 is 65.7. The summed E-state index contributed by atoms with van der Waals surface area (Å²) in [5.41, 5.74) is 4.20. The van der Waals surface area contributed by atoms with Gasteiger partial charge in [0.05, 0.1) is 12.1 Å². The maximum Gasteiger partial charge on any atom is 0.200 e. The summed E-state index contributed by atoms with van der Waals surface area (Å²) in [4.78, 5) is 0. The predicted octanol–water partition coefficient (Wildman–Crippen LogP) is 2.79. The molecule has 0 spiro atoms. The smallest absolute Gasteiger partial charge is 0.200 e. The largest absolute Gasteiger partial charge is 0.391 e. The number of hydrogen-bond acceptors (Lipinski definition) is 2. The lowest BCUT2D eigenvalue weighted by atomic mass is 9.94. The molecule has 0 heterocycles. The molecule has 108 valence electrons. The minimum atomic E-state index is -2.25. The van der Waals surface area contributed by atoms with E-state index in [1.165, 1.54) is 0 Å². The van der Waals surface area contributed by atoms with Gasteiger partial charge in [0.15, 0.2) is 23.3 Å². The van der Waals surface area contributed by atoms with Crippen LogP contribution in [0, 0.1) is 35.0 Å². The van der Waals surface area contributed by atoms with Crippen LogP contribution >= 0.6 is 0 Å². The lowest BCUT2D eigenvalue weighted by molar-refractivity contribution is 0.117. The Hall–Kier alpha value is -1.21. The summed E-state index contributed by atoms with van der Waals surface area (Å²) in [5, 5.41) is 9.64. The van der Waals surface area contributed by atoms with Crippen molar-refractivity contribution >= 4 is 0 Å². The molecule has 0 aliphatic rings. The summed E-state index contributed by atoms with van der Waals surface area (Å²) in [5.74, 6) is -10.5. The molecule has 0 saturated heterocycles. The van der Waals surface area contributed by atoms with Crippen molar-refractivity contribution in [3.8, 4) is 0 Å². The fourth-order valence-corrected chi connectivity index (χ4v) is 1.74. The van der Waals surface area contributed by atoms with E-state index in [-0.39, 0.29) is 12.3 Å². The molecule has 0 aliphatic heterocycles. The maximum absolute atomic E-state index is 13.4. The van der Waals surface area contributed by atoms with E-state index in [1.807, 2.05) is 0 Å². The topological polar surface area (TPSA) is 46.2 Å². The molecule has 3 N–H and O–H groups in total. The van der Waals surface area contributed by atoms with Crippen LogP contribution in [0.1, 0.15) is 31.9 Å². The van der Waals surface area contributed by atoms with Gasteiger partial charge >= 0.3 is 0 Å². The molecule has 0 aromatic heterocycles. The van der Waals surface area contributed by atoms with Crippen LogP contribution in [0.4, 0.5) is 22.0 Å². The van der Waals surface area contributed by atoms with E-state index in [1.54, 1.807) is 13.8 Å². The minimum Gasteiger partial charge on any atom is -0.391 e. The van der Waals surface area contributed by atoms with Gasteiger partial charge in [-0.2, -0.15) is 0 Å². The van der Waals surface area contributed by atoms with Crippen LogP contribution in [0.25, 0.3) is 0 Å². The summed E-state index contributed by atoms with van der Waals surface area (Å²) >= 11 is 0. The first kappa shape index (κ1) is 15.8. The first-order valence-electron chi connectivity index (χ1n) is 5.63. The third-order valence-electron chi connectivity index (χ3n) is 2.70. The Morgan fingerprint density at radius 3 is 1.63 bits per heavy atom. The van der Waals surface area contributed by atoms with Crippen LogP contribution in [0.3, 0.4) is 0 Å². The van der Waals surface area contributed by atoms with Crippen molar-refractivity contribution in [2.45, 2.75) is 32.4 Å². The lowest BCUT2D eigenvalue weighted by Crippen LogP contribution is -2.30. The molecule has 1 rings (SSSR count). The van der Waals surface area contributed by atoms with Crippen molar-refractivity contribution in [2.75, 3.05) is 0 Å². The van der Waals surface area contributed by atoms with Gasteiger partial charge in [-0.05, 0) is 12.3 Å². The highest BCUT2D eigenvalue weighted by molar-refractivity contribution is 5.27. The Balaban J connectivity index is 3.27. The first-order chi connectivity index (χ1) is 8.68. The van der Waals surface area contributed by atoms with Gasteiger partial charge in [-0.15, -0.1) is 0 Å². The van der Waals surface area contributed by atoms with E-state index in [0.29, 0.717) is 0 Å². The molecule has 2 atom stereocenters. The second-order valence-corrected chi connectivity index (χ2v) is 4.71. The van der Waals surface area contributed by atoms with Crippen LogP contribution in [-0.4, -0.2) is 11.2 Å². The number of rotatable bonds is 4. The number of nitrogens with two attached hydrogens (primary N) is 1. The zero-order chi connectivity index (χ0) is 14.9. The zero-order valence-electron chi connectivity index (χ0n) is 10.4. The highest BCUT2D eigenvalue weighted by Gasteiger charge is 2.31. The van der Waals surface area contributed by atoms with Gasteiger partial charge in [0.2, 0.25) is 5.82 Å². The molecule has 0 amide bonds. The summed E-state index contributed by atoms with van der Waals surface area (Å²) in [6.07, 6.45) is -1.34. The Bertz CT molecular complexity index is 449. The fraction of sp³-hybridized carbons (Fsp3) is 0.500. The summed E-state index contributed by atoms with van der Waals surface area (Å²) in [7, 11) is 0. The van der Waals surface area contributed by atoms with E-state index in [2.05, 4.69) is 0 Å². The molecule has 0 radical (unpaired) electrons. The van der Waals surface area contributed by atoms with E-state index in [9.17, 15) is 27.1 Å².